The molecule has 0 heterocycles. The molecule has 0 N–H and O–H groups in total. The highest BCUT2D eigenvalue weighted by Crippen LogP contribution is 2.60. The van der Waals surface area contributed by atoms with E-state index in [0.717, 1.165) is 0 Å². The Morgan fingerprint density at radius 3 is 1.40 bits per heavy atom. The van der Waals surface area contributed by atoms with Crippen LogP contribution in [-0.4, -0.2) is 0 Å². The van der Waals surface area contributed by atoms with Gasteiger partial charge in [-0.05, 0) is 76.3 Å². The van der Waals surface area contributed by atoms with Crippen LogP contribution in [0.3, 0.4) is 0 Å². The van der Waals surface area contributed by atoms with Gasteiger partial charge >= 0.3 is 0 Å². The number of rotatable bonds is 10. The van der Waals surface area contributed by atoms with Crippen LogP contribution in [0, 0.1) is 17.3 Å². The van der Waals surface area contributed by atoms with E-state index in [0.29, 0.717) is 23.7 Å². The predicted octanol–water partition coefficient (Wildman–Crippen LogP) is 10.4. The Balaban J connectivity index is 1.86. The van der Waals surface area contributed by atoms with Crippen LogP contribution in [0.2, 0.25) is 0 Å². The smallest absolute Gasteiger partial charge is 0.0118 e. The van der Waals surface area contributed by atoms with Crippen LogP contribution in [0.15, 0.2) is 47.5 Å². The number of hydrogen-bond donors (Lipinski definition) is 0. The molecule has 35 heavy (non-hydrogen) atoms. The largest absolute Gasteiger partial charge is 0.0651 e. The van der Waals surface area contributed by atoms with Gasteiger partial charge < -0.3 is 0 Å². The van der Waals surface area contributed by atoms with Crippen molar-refractivity contribution in [1.82, 2.24) is 0 Å². The zero-order valence-corrected chi connectivity index (χ0v) is 23.7. The van der Waals surface area contributed by atoms with E-state index < -0.39 is 0 Å². The number of allylic oxidation sites excluding steroid dienone is 2. The number of benzene rings is 2. The lowest BCUT2D eigenvalue weighted by Gasteiger charge is -2.42. The summed E-state index contributed by atoms with van der Waals surface area (Å²) in [5.74, 6) is 2.28. The Hall–Kier alpha value is -2.08. The van der Waals surface area contributed by atoms with Crippen LogP contribution in [0.1, 0.15) is 126 Å². The molecule has 0 radical (unpaired) electrons. The summed E-state index contributed by atoms with van der Waals surface area (Å²) in [4.78, 5) is 0. The molecule has 0 saturated carbocycles. The van der Waals surface area contributed by atoms with Crippen LogP contribution in [0.25, 0.3) is 12.2 Å². The molecule has 2 aromatic carbocycles. The second-order valence-electron chi connectivity index (χ2n) is 12.7. The molecule has 0 spiro atoms. The minimum absolute atomic E-state index is 0.105. The second kappa shape index (κ2) is 10.5. The van der Waals surface area contributed by atoms with Gasteiger partial charge in [0, 0.05) is 11.8 Å². The van der Waals surface area contributed by atoms with E-state index in [4.69, 9.17) is 0 Å². The predicted molar refractivity (Wildman–Crippen MR) is 155 cm³/mol. The van der Waals surface area contributed by atoms with Gasteiger partial charge in [-0.1, -0.05) is 128 Å². The monoisotopic (exact) mass is 468 g/mol. The minimum Gasteiger partial charge on any atom is -0.0651 e. The maximum absolute atomic E-state index is 2.60. The average molecular weight is 469 g/mol. The number of fused-ring (bicyclic) bond motifs is 2. The fourth-order valence-corrected chi connectivity index (χ4v) is 7.25. The standard InChI is InChI=1S/C35H48/c1-9-13-25-15-11-17-29-31(25)21-27(19-23(3)4)33(29)35(7,8)34-28(20-24(5)6)22-32-26(14-10-2)16-12-18-30(32)34/h11-12,15-18,21-24,33-34H,9-10,13-14,19-20H2,1-8H3. The molecule has 0 heteroatoms. The highest BCUT2D eigenvalue weighted by molar-refractivity contribution is 5.73. The van der Waals surface area contributed by atoms with Gasteiger partial charge in [-0.3, -0.25) is 0 Å². The van der Waals surface area contributed by atoms with E-state index in [1.807, 2.05) is 0 Å². The molecule has 0 bridgehead atoms. The molecule has 0 nitrogen and oxygen atoms in total. The Labute approximate surface area is 215 Å². The molecule has 2 aromatic rings. The third-order valence-corrected chi connectivity index (χ3v) is 8.30. The zero-order chi connectivity index (χ0) is 25.3. The van der Waals surface area contributed by atoms with Gasteiger partial charge in [0.25, 0.3) is 0 Å². The molecule has 0 aliphatic heterocycles. The summed E-state index contributed by atoms with van der Waals surface area (Å²) in [6, 6.07) is 14.3. The van der Waals surface area contributed by atoms with Gasteiger partial charge in [0.05, 0.1) is 0 Å². The SMILES string of the molecule is CCCc1cccc2c1C=C(CC(C)C)C2C(C)(C)C1C(CC(C)C)=Cc2c(CCC)cccc21. The molecule has 0 amide bonds. The first kappa shape index (κ1) is 26.0. The first-order valence-electron chi connectivity index (χ1n) is 14.3. The first-order chi connectivity index (χ1) is 16.7. The second-order valence-corrected chi connectivity index (χ2v) is 12.7. The molecule has 0 fully saturated rings. The summed E-state index contributed by atoms with van der Waals surface area (Å²) >= 11 is 0. The first-order valence-corrected chi connectivity index (χ1v) is 14.3. The molecule has 2 aliphatic carbocycles. The highest BCUT2D eigenvalue weighted by atomic mass is 14.5. The van der Waals surface area contributed by atoms with Crippen molar-refractivity contribution in [1.29, 1.82) is 0 Å². The maximum atomic E-state index is 2.60. The summed E-state index contributed by atoms with van der Waals surface area (Å²) in [7, 11) is 0. The van der Waals surface area contributed by atoms with Crippen molar-refractivity contribution in [2.45, 2.75) is 106 Å². The highest BCUT2D eigenvalue weighted by Gasteiger charge is 2.47. The molecule has 2 atom stereocenters. The van der Waals surface area contributed by atoms with Crippen molar-refractivity contribution in [3.63, 3.8) is 0 Å². The van der Waals surface area contributed by atoms with Crippen LogP contribution in [0.5, 0.6) is 0 Å². The van der Waals surface area contributed by atoms with Crippen molar-refractivity contribution in [3.8, 4) is 0 Å². The minimum atomic E-state index is 0.105. The summed E-state index contributed by atoms with van der Waals surface area (Å²) < 4.78 is 0. The molecule has 0 aromatic heterocycles. The van der Waals surface area contributed by atoms with Crippen LogP contribution < -0.4 is 0 Å². The third-order valence-electron chi connectivity index (χ3n) is 8.30. The lowest BCUT2D eigenvalue weighted by Crippen LogP contribution is -2.31. The quantitative estimate of drug-likeness (QED) is 0.325. The zero-order valence-electron chi connectivity index (χ0n) is 23.7. The molecule has 2 aliphatic rings. The van der Waals surface area contributed by atoms with Crippen LogP contribution >= 0.6 is 0 Å². The average Bonchev–Trinajstić information content (AvgIpc) is 3.33. The van der Waals surface area contributed by atoms with Crippen molar-refractivity contribution >= 4 is 12.2 Å². The Morgan fingerprint density at radius 1 is 0.657 bits per heavy atom. The van der Waals surface area contributed by atoms with E-state index in [1.165, 1.54) is 49.7 Å². The summed E-state index contributed by atoms with van der Waals surface area (Å²) in [6.45, 7) is 19.3. The van der Waals surface area contributed by atoms with Gasteiger partial charge in [0.1, 0.15) is 0 Å². The topological polar surface area (TPSA) is 0 Å². The Bertz CT molecular complexity index is 1020. The van der Waals surface area contributed by atoms with Crippen molar-refractivity contribution in [2.75, 3.05) is 0 Å². The fraction of sp³-hybridized carbons (Fsp3) is 0.543. The summed E-state index contributed by atoms with van der Waals surface area (Å²) in [6.07, 6.45) is 12.3. The summed E-state index contributed by atoms with van der Waals surface area (Å²) in [5, 5.41) is 0. The van der Waals surface area contributed by atoms with E-state index >= 15 is 0 Å². The maximum Gasteiger partial charge on any atom is 0.0118 e. The fourth-order valence-electron chi connectivity index (χ4n) is 7.25. The van der Waals surface area contributed by atoms with Crippen molar-refractivity contribution in [2.24, 2.45) is 17.3 Å². The Kier molecular flexibility index (Phi) is 7.80. The number of aryl methyl sites for hydroxylation is 2. The van der Waals surface area contributed by atoms with Crippen molar-refractivity contribution in [3.05, 3.63) is 80.9 Å². The lowest BCUT2D eigenvalue weighted by molar-refractivity contribution is 0.263. The van der Waals surface area contributed by atoms with Gasteiger partial charge in [0.2, 0.25) is 0 Å². The van der Waals surface area contributed by atoms with E-state index in [-0.39, 0.29) is 5.41 Å². The summed E-state index contributed by atoms with van der Waals surface area (Å²) in [5.41, 5.74) is 12.7. The Morgan fingerprint density at radius 2 is 1.06 bits per heavy atom. The molecular formula is C35H48. The molecule has 0 saturated heterocycles. The number of hydrogen-bond acceptors (Lipinski definition) is 0. The van der Waals surface area contributed by atoms with Crippen molar-refractivity contribution < 1.29 is 0 Å². The van der Waals surface area contributed by atoms with E-state index in [1.54, 1.807) is 33.4 Å². The van der Waals surface area contributed by atoms with Gasteiger partial charge in [-0.15, -0.1) is 0 Å². The molecule has 188 valence electrons. The molecular weight excluding hydrogens is 420 g/mol. The van der Waals surface area contributed by atoms with Gasteiger partial charge in [-0.25, -0.2) is 0 Å². The van der Waals surface area contributed by atoms with Gasteiger partial charge in [0.15, 0.2) is 0 Å². The van der Waals surface area contributed by atoms with E-state index in [2.05, 4.69) is 104 Å². The third kappa shape index (κ3) is 4.96. The normalized spacial score (nSPS) is 19.3. The van der Waals surface area contributed by atoms with Crippen LogP contribution in [0.4, 0.5) is 0 Å². The van der Waals surface area contributed by atoms with Gasteiger partial charge in [-0.2, -0.15) is 0 Å². The van der Waals surface area contributed by atoms with Crippen LogP contribution in [-0.2, 0) is 12.8 Å². The molecule has 4 rings (SSSR count). The van der Waals surface area contributed by atoms with E-state index in [9.17, 15) is 0 Å². The molecule has 2 unspecified atom stereocenters. The lowest BCUT2D eigenvalue weighted by atomic mass is 9.61.